The molecule has 7 heteroatoms. The van der Waals surface area contributed by atoms with E-state index in [4.69, 9.17) is 0 Å². The van der Waals surface area contributed by atoms with E-state index in [0.717, 1.165) is 42.6 Å². The van der Waals surface area contributed by atoms with E-state index in [0.29, 0.717) is 28.1 Å². The summed E-state index contributed by atoms with van der Waals surface area (Å²) in [5, 5.41) is 4.83. The average molecular weight is 405 g/mol. The predicted octanol–water partition coefficient (Wildman–Crippen LogP) is 4.61. The number of benzene rings is 1. The zero-order chi connectivity index (χ0) is 21.0. The van der Waals surface area contributed by atoms with E-state index in [2.05, 4.69) is 22.0 Å². The Hall–Kier alpha value is -3.09. The molecule has 1 aliphatic carbocycles. The Bertz CT molecular complexity index is 1330. The van der Waals surface area contributed by atoms with Gasteiger partial charge in [0.25, 0.3) is 5.56 Å². The third-order valence-electron chi connectivity index (χ3n) is 6.26. The van der Waals surface area contributed by atoms with Crippen molar-refractivity contribution in [3.05, 3.63) is 58.2 Å². The molecule has 30 heavy (non-hydrogen) atoms. The molecule has 0 amide bonds. The van der Waals surface area contributed by atoms with Crippen LogP contribution in [0.1, 0.15) is 49.9 Å². The van der Waals surface area contributed by atoms with Crippen LogP contribution in [0.2, 0.25) is 0 Å². The second kappa shape index (κ2) is 7.00. The van der Waals surface area contributed by atoms with Gasteiger partial charge >= 0.3 is 0 Å². The van der Waals surface area contributed by atoms with E-state index >= 15 is 4.39 Å². The SMILES string of the molecule is Cc1cn2nc(-c3cc4ncn(C5CCC(C)CC5)c(=O)c4cc3F)cc(C)c2n1. The molecule has 5 rings (SSSR count). The van der Waals surface area contributed by atoms with Gasteiger partial charge in [-0.3, -0.25) is 9.36 Å². The van der Waals surface area contributed by atoms with Crippen LogP contribution in [-0.2, 0) is 0 Å². The largest absolute Gasteiger partial charge is 0.296 e. The molecule has 0 saturated heterocycles. The lowest BCUT2D eigenvalue weighted by molar-refractivity contribution is 0.284. The normalized spacial score (nSPS) is 19.6. The maximum Gasteiger partial charge on any atom is 0.261 e. The van der Waals surface area contributed by atoms with Crippen LogP contribution in [0.5, 0.6) is 0 Å². The zero-order valence-electron chi connectivity index (χ0n) is 17.4. The number of hydrogen-bond donors (Lipinski definition) is 0. The van der Waals surface area contributed by atoms with E-state index in [9.17, 15) is 4.79 Å². The summed E-state index contributed by atoms with van der Waals surface area (Å²) < 4.78 is 18.5. The van der Waals surface area contributed by atoms with Crippen molar-refractivity contribution >= 4 is 16.6 Å². The van der Waals surface area contributed by atoms with Crippen molar-refractivity contribution in [1.29, 1.82) is 0 Å². The highest BCUT2D eigenvalue weighted by Gasteiger charge is 2.22. The quantitative estimate of drug-likeness (QED) is 0.488. The highest BCUT2D eigenvalue weighted by molar-refractivity contribution is 5.83. The summed E-state index contributed by atoms with van der Waals surface area (Å²) in [6.07, 6.45) is 7.55. The van der Waals surface area contributed by atoms with Gasteiger partial charge in [0.15, 0.2) is 5.65 Å². The lowest BCUT2D eigenvalue weighted by Gasteiger charge is -2.27. The minimum Gasteiger partial charge on any atom is -0.296 e. The number of rotatable bonds is 2. The number of aromatic nitrogens is 5. The highest BCUT2D eigenvalue weighted by atomic mass is 19.1. The number of halogens is 1. The van der Waals surface area contributed by atoms with Crippen molar-refractivity contribution in [1.82, 2.24) is 24.1 Å². The van der Waals surface area contributed by atoms with E-state index < -0.39 is 5.82 Å². The summed E-state index contributed by atoms with van der Waals surface area (Å²) in [6.45, 7) is 6.06. The predicted molar refractivity (Wildman–Crippen MR) is 114 cm³/mol. The maximum absolute atomic E-state index is 15.1. The van der Waals surface area contributed by atoms with Crippen LogP contribution in [0.3, 0.4) is 0 Å². The fraction of sp³-hybridized carbons (Fsp3) is 0.391. The van der Waals surface area contributed by atoms with Crippen molar-refractivity contribution in [2.24, 2.45) is 5.92 Å². The van der Waals surface area contributed by atoms with Gasteiger partial charge in [0.1, 0.15) is 5.82 Å². The third kappa shape index (κ3) is 3.09. The monoisotopic (exact) mass is 405 g/mol. The number of nitrogens with zero attached hydrogens (tertiary/aromatic N) is 5. The fourth-order valence-electron chi connectivity index (χ4n) is 4.51. The van der Waals surface area contributed by atoms with Crippen molar-refractivity contribution < 1.29 is 4.39 Å². The molecular weight excluding hydrogens is 381 g/mol. The van der Waals surface area contributed by atoms with Crippen LogP contribution in [-0.4, -0.2) is 24.1 Å². The first-order valence-corrected chi connectivity index (χ1v) is 10.4. The van der Waals surface area contributed by atoms with Gasteiger partial charge in [0, 0.05) is 11.6 Å². The first-order chi connectivity index (χ1) is 14.4. The fourth-order valence-corrected chi connectivity index (χ4v) is 4.51. The Labute approximate surface area is 173 Å². The summed E-state index contributed by atoms with van der Waals surface area (Å²) in [5.74, 6) is 0.220. The van der Waals surface area contributed by atoms with E-state index in [-0.39, 0.29) is 11.6 Å². The summed E-state index contributed by atoms with van der Waals surface area (Å²) in [6, 6.07) is 4.89. The Kier molecular flexibility index (Phi) is 4.41. The molecule has 1 aromatic carbocycles. The first kappa shape index (κ1) is 18.9. The lowest BCUT2D eigenvalue weighted by Crippen LogP contribution is -2.28. The average Bonchev–Trinajstić information content (AvgIpc) is 3.10. The Morgan fingerprint density at radius 1 is 1.10 bits per heavy atom. The molecule has 3 heterocycles. The Balaban J connectivity index is 1.61. The second-order valence-electron chi connectivity index (χ2n) is 8.58. The number of aryl methyl sites for hydroxylation is 2. The summed E-state index contributed by atoms with van der Waals surface area (Å²) in [4.78, 5) is 22.0. The summed E-state index contributed by atoms with van der Waals surface area (Å²) >= 11 is 0. The molecule has 0 unspecified atom stereocenters. The minimum atomic E-state index is -0.473. The standard InChI is InChI=1S/C23H24FN5O/c1-13-4-6-16(7-5-13)28-12-25-20-10-17(19(24)9-18(20)23(28)30)21-8-14(2)22-26-15(3)11-29(22)27-21/h8-13,16H,4-7H2,1-3H3. The van der Waals surface area contributed by atoms with Crippen LogP contribution < -0.4 is 5.56 Å². The lowest BCUT2D eigenvalue weighted by atomic mass is 9.87. The number of imidazole rings is 1. The van der Waals surface area contributed by atoms with Crippen LogP contribution >= 0.6 is 0 Å². The molecular formula is C23H24FN5O. The first-order valence-electron chi connectivity index (χ1n) is 10.4. The van der Waals surface area contributed by atoms with Crippen molar-refractivity contribution in [2.75, 3.05) is 0 Å². The van der Waals surface area contributed by atoms with Gasteiger partial charge in [0.2, 0.25) is 0 Å². The topological polar surface area (TPSA) is 65.1 Å². The van der Waals surface area contributed by atoms with E-state index in [1.54, 1.807) is 21.5 Å². The van der Waals surface area contributed by atoms with Crippen LogP contribution in [0.4, 0.5) is 4.39 Å². The minimum absolute atomic E-state index is 0.143. The van der Waals surface area contributed by atoms with Crippen LogP contribution in [0, 0.1) is 25.6 Å². The summed E-state index contributed by atoms with van der Waals surface area (Å²) in [7, 11) is 0. The molecule has 0 aliphatic heterocycles. The second-order valence-corrected chi connectivity index (χ2v) is 8.58. The molecule has 0 atom stereocenters. The Morgan fingerprint density at radius 3 is 2.63 bits per heavy atom. The van der Waals surface area contributed by atoms with E-state index in [1.807, 2.05) is 26.1 Å². The molecule has 4 aromatic rings. The molecule has 154 valence electrons. The van der Waals surface area contributed by atoms with Gasteiger partial charge < -0.3 is 0 Å². The highest BCUT2D eigenvalue weighted by Crippen LogP contribution is 2.31. The van der Waals surface area contributed by atoms with E-state index in [1.165, 1.54) is 6.07 Å². The van der Waals surface area contributed by atoms with Crippen LogP contribution in [0.15, 0.2) is 35.5 Å². The Morgan fingerprint density at radius 2 is 1.87 bits per heavy atom. The van der Waals surface area contributed by atoms with Gasteiger partial charge in [-0.15, -0.1) is 0 Å². The molecule has 3 aromatic heterocycles. The molecule has 0 N–H and O–H groups in total. The molecule has 1 fully saturated rings. The molecule has 0 bridgehead atoms. The van der Waals surface area contributed by atoms with Crippen molar-refractivity contribution in [3.63, 3.8) is 0 Å². The smallest absolute Gasteiger partial charge is 0.261 e. The number of fused-ring (bicyclic) bond motifs is 2. The van der Waals surface area contributed by atoms with Crippen LogP contribution in [0.25, 0.3) is 27.8 Å². The van der Waals surface area contributed by atoms with Gasteiger partial charge in [-0.25, -0.2) is 18.9 Å². The maximum atomic E-state index is 15.1. The molecule has 1 aliphatic rings. The third-order valence-corrected chi connectivity index (χ3v) is 6.26. The molecule has 0 radical (unpaired) electrons. The molecule has 6 nitrogen and oxygen atoms in total. The van der Waals surface area contributed by atoms with Gasteiger partial charge in [0.05, 0.1) is 34.8 Å². The summed E-state index contributed by atoms with van der Waals surface area (Å²) in [5.41, 5.74) is 3.64. The van der Waals surface area contributed by atoms with Gasteiger partial charge in [-0.2, -0.15) is 5.10 Å². The number of hydrogen-bond acceptors (Lipinski definition) is 4. The van der Waals surface area contributed by atoms with Gasteiger partial charge in [-0.1, -0.05) is 6.92 Å². The van der Waals surface area contributed by atoms with Crippen molar-refractivity contribution in [2.45, 2.75) is 52.5 Å². The van der Waals surface area contributed by atoms with Crippen molar-refractivity contribution in [3.8, 4) is 11.3 Å². The zero-order valence-corrected chi connectivity index (χ0v) is 17.4. The molecule has 1 saturated carbocycles. The molecule has 0 spiro atoms. The van der Waals surface area contributed by atoms with Gasteiger partial charge in [-0.05, 0) is 69.2 Å².